The second-order valence-electron chi connectivity index (χ2n) is 4.23. The van der Waals surface area contributed by atoms with Gasteiger partial charge in [0.2, 0.25) is 5.88 Å². The summed E-state index contributed by atoms with van der Waals surface area (Å²) in [6.07, 6.45) is 2.35. The molecule has 5 nitrogen and oxygen atoms in total. The van der Waals surface area contributed by atoms with Crippen LogP contribution in [0.15, 0.2) is 30.6 Å². The Kier molecular flexibility index (Phi) is 4.18. The molecule has 1 aromatic heterocycles. The topological polar surface area (TPSA) is 73.1 Å². The van der Waals surface area contributed by atoms with Crippen LogP contribution >= 0.6 is 0 Å². The van der Waals surface area contributed by atoms with Gasteiger partial charge in [0.25, 0.3) is 0 Å². The van der Waals surface area contributed by atoms with Crippen LogP contribution in [0.1, 0.15) is 18.9 Å². The van der Waals surface area contributed by atoms with Gasteiger partial charge in [0.05, 0.1) is 6.61 Å². The van der Waals surface area contributed by atoms with E-state index in [1.165, 1.54) is 6.33 Å². The van der Waals surface area contributed by atoms with Crippen molar-refractivity contribution in [2.24, 2.45) is 0 Å². The van der Waals surface area contributed by atoms with E-state index in [4.69, 9.17) is 10.5 Å². The van der Waals surface area contributed by atoms with Crippen molar-refractivity contribution in [3.63, 3.8) is 0 Å². The number of anilines is 3. The molecule has 0 aliphatic heterocycles. The van der Waals surface area contributed by atoms with E-state index in [0.29, 0.717) is 24.0 Å². The average Bonchev–Trinajstić information content (AvgIpc) is 2.42. The molecule has 1 aromatic carbocycles. The van der Waals surface area contributed by atoms with Gasteiger partial charge in [-0.15, -0.1) is 0 Å². The SMILES string of the molecule is CCCOc1ncnc(Nc2ccccc2C)c1N. The number of hydrogen-bond acceptors (Lipinski definition) is 5. The van der Waals surface area contributed by atoms with Crippen LogP contribution < -0.4 is 15.8 Å². The number of rotatable bonds is 5. The normalized spacial score (nSPS) is 10.2. The summed E-state index contributed by atoms with van der Waals surface area (Å²) < 4.78 is 5.48. The molecule has 100 valence electrons. The molecular weight excluding hydrogens is 240 g/mol. The number of nitrogens with zero attached hydrogens (tertiary/aromatic N) is 2. The molecule has 0 amide bonds. The maximum atomic E-state index is 6.01. The summed E-state index contributed by atoms with van der Waals surface area (Å²) >= 11 is 0. The Hall–Kier alpha value is -2.30. The largest absolute Gasteiger partial charge is 0.476 e. The number of benzene rings is 1. The van der Waals surface area contributed by atoms with Gasteiger partial charge in [0, 0.05) is 5.69 Å². The van der Waals surface area contributed by atoms with E-state index in [2.05, 4.69) is 15.3 Å². The summed E-state index contributed by atoms with van der Waals surface area (Å²) in [4.78, 5) is 8.20. The van der Waals surface area contributed by atoms with E-state index in [0.717, 1.165) is 17.7 Å². The first-order chi connectivity index (χ1) is 9.22. The maximum Gasteiger partial charge on any atom is 0.242 e. The van der Waals surface area contributed by atoms with Gasteiger partial charge in [-0.1, -0.05) is 25.1 Å². The second kappa shape index (κ2) is 6.04. The molecule has 0 spiro atoms. The second-order valence-corrected chi connectivity index (χ2v) is 4.23. The Balaban J connectivity index is 2.23. The summed E-state index contributed by atoms with van der Waals surface area (Å²) in [5.74, 6) is 0.989. The minimum atomic E-state index is 0.424. The van der Waals surface area contributed by atoms with Crippen LogP contribution in [-0.2, 0) is 0 Å². The fraction of sp³-hybridized carbons (Fsp3) is 0.286. The van der Waals surface area contributed by atoms with Crippen molar-refractivity contribution in [3.05, 3.63) is 36.2 Å². The molecular formula is C14H18N4O. The summed E-state index contributed by atoms with van der Waals surface area (Å²) in [5, 5.41) is 3.20. The minimum Gasteiger partial charge on any atom is -0.476 e. The van der Waals surface area contributed by atoms with Crippen LogP contribution in [0, 0.1) is 6.92 Å². The first kappa shape index (κ1) is 13.1. The highest BCUT2D eigenvalue weighted by molar-refractivity contribution is 5.73. The van der Waals surface area contributed by atoms with Crippen molar-refractivity contribution in [2.75, 3.05) is 17.7 Å². The smallest absolute Gasteiger partial charge is 0.242 e. The van der Waals surface area contributed by atoms with E-state index in [1.54, 1.807) is 0 Å². The number of para-hydroxylation sites is 1. The van der Waals surface area contributed by atoms with Crippen molar-refractivity contribution < 1.29 is 4.74 Å². The third-order valence-corrected chi connectivity index (χ3v) is 2.69. The van der Waals surface area contributed by atoms with Crippen LogP contribution in [-0.4, -0.2) is 16.6 Å². The Morgan fingerprint density at radius 2 is 2.05 bits per heavy atom. The summed E-state index contributed by atoms with van der Waals surface area (Å²) in [6.45, 7) is 4.64. The van der Waals surface area contributed by atoms with Gasteiger partial charge in [-0.05, 0) is 25.0 Å². The summed E-state index contributed by atoms with van der Waals surface area (Å²) in [6, 6.07) is 7.94. The van der Waals surface area contributed by atoms with Crippen LogP contribution in [0.2, 0.25) is 0 Å². The number of nitrogens with two attached hydrogens (primary N) is 1. The quantitative estimate of drug-likeness (QED) is 0.862. The molecule has 3 N–H and O–H groups in total. The molecule has 1 heterocycles. The fourth-order valence-electron chi connectivity index (χ4n) is 1.63. The predicted octanol–water partition coefficient (Wildman–Crippen LogP) is 2.90. The van der Waals surface area contributed by atoms with E-state index in [9.17, 15) is 0 Å². The standard InChI is InChI=1S/C14H18N4O/c1-3-8-19-14-12(15)13(16-9-17-14)18-11-7-5-4-6-10(11)2/h4-7,9H,3,8,15H2,1-2H3,(H,16,17,18). The lowest BCUT2D eigenvalue weighted by molar-refractivity contribution is 0.307. The summed E-state index contributed by atoms with van der Waals surface area (Å²) in [7, 11) is 0. The van der Waals surface area contributed by atoms with Crippen molar-refractivity contribution >= 4 is 17.2 Å². The highest BCUT2D eigenvalue weighted by Gasteiger charge is 2.09. The van der Waals surface area contributed by atoms with Gasteiger partial charge in [0.1, 0.15) is 12.0 Å². The van der Waals surface area contributed by atoms with Crippen LogP contribution in [0.4, 0.5) is 17.2 Å². The lowest BCUT2D eigenvalue weighted by Crippen LogP contribution is -2.06. The van der Waals surface area contributed by atoms with Crippen molar-refractivity contribution in [1.29, 1.82) is 0 Å². The third-order valence-electron chi connectivity index (χ3n) is 2.69. The molecule has 2 aromatic rings. The van der Waals surface area contributed by atoms with E-state index >= 15 is 0 Å². The number of aromatic nitrogens is 2. The molecule has 0 aliphatic rings. The number of nitrogen functional groups attached to an aromatic ring is 1. The first-order valence-corrected chi connectivity index (χ1v) is 6.28. The highest BCUT2D eigenvalue weighted by atomic mass is 16.5. The minimum absolute atomic E-state index is 0.424. The van der Waals surface area contributed by atoms with Gasteiger partial charge in [-0.2, -0.15) is 4.98 Å². The zero-order valence-corrected chi connectivity index (χ0v) is 11.2. The Bertz CT molecular complexity index is 557. The Labute approximate surface area is 112 Å². The molecule has 0 atom stereocenters. The average molecular weight is 258 g/mol. The number of hydrogen-bond donors (Lipinski definition) is 2. The van der Waals surface area contributed by atoms with Crippen molar-refractivity contribution in [1.82, 2.24) is 9.97 Å². The summed E-state index contributed by atoms with van der Waals surface area (Å²) in [5.41, 5.74) is 8.53. The van der Waals surface area contributed by atoms with E-state index in [-0.39, 0.29) is 0 Å². The van der Waals surface area contributed by atoms with Gasteiger partial charge < -0.3 is 15.8 Å². The monoisotopic (exact) mass is 258 g/mol. The van der Waals surface area contributed by atoms with Crippen LogP contribution in [0.5, 0.6) is 5.88 Å². The number of ether oxygens (including phenoxy) is 1. The maximum absolute atomic E-state index is 6.01. The molecule has 0 bridgehead atoms. The molecule has 0 unspecified atom stereocenters. The zero-order chi connectivity index (χ0) is 13.7. The molecule has 19 heavy (non-hydrogen) atoms. The lowest BCUT2D eigenvalue weighted by atomic mass is 10.2. The van der Waals surface area contributed by atoms with Crippen LogP contribution in [0.25, 0.3) is 0 Å². The van der Waals surface area contributed by atoms with Crippen molar-refractivity contribution in [2.45, 2.75) is 20.3 Å². The van der Waals surface area contributed by atoms with Crippen molar-refractivity contribution in [3.8, 4) is 5.88 Å². The zero-order valence-electron chi connectivity index (χ0n) is 11.2. The van der Waals surface area contributed by atoms with Gasteiger partial charge in [-0.3, -0.25) is 0 Å². The Morgan fingerprint density at radius 1 is 1.26 bits per heavy atom. The van der Waals surface area contributed by atoms with Gasteiger partial charge in [-0.25, -0.2) is 4.98 Å². The lowest BCUT2D eigenvalue weighted by Gasteiger charge is -2.12. The highest BCUT2D eigenvalue weighted by Crippen LogP contribution is 2.28. The Morgan fingerprint density at radius 3 is 2.79 bits per heavy atom. The predicted molar refractivity (Wildman–Crippen MR) is 76.7 cm³/mol. The fourth-order valence-corrected chi connectivity index (χ4v) is 1.63. The van der Waals surface area contributed by atoms with Gasteiger partial charge in [0.15, 0.2) is 5.82 Å². The molecule has 5 heteroatoms. The first-order valence-electron chi connectivity index (χ1n) is 6.28. The molecule has 0 saturated heterocycles. The molecule has 0 aliphatic carbocycles. The molecule has 0 radical (unpaired) electrons. The molecule has 0 saturated carbocycles. The van der Waals surface area contributed by atoms with E-state index < -0.39 is 0 Å². The van der Waals surface area contributed by atoms with Crippen LogP contribution in [0.3, 0.4) is 0 Å². The molecule has 2 rings (SSSR count). The number of nitrogens with one attached hydrogen (secondary N) is 1. The molecule has 0 fully saturated rings. The number of aryl methyl sites for hydroxylation is 1. The van der Waals surface area contributed by atoms with E-state index in [1.807, 2.05) is 38.1 Å². The van der Waals surface area contributed by atoms with Gasteiger partial charge >= 0.3 is 0 Å². The third kappa shape index (κ3) is 3.13.